The van der Waals surface area contributed by atoms with Crippen molar-refractivity contribution in [3.05, 3.63) is 22.7 Å². The van der Waals surface area contributed by atoms with E-state index in [9.17, 15) is 4.79 Å². The molecular formula is C16H29N3O. The van der Waals surface area contributed by atoms with Crippen LogP contribution in [0.2, 0.25) is 0 Å². The molecule has 0 aliphatic heterocycles. The number of anilines is 1. The van der Waals surface area contributed by atoms with Gasteiger partial charge in [-0.25, -0.2) is 4.98 Å². The van der Waals surface area contributed by atoms with Crippen LogP contribution in [0.25, 0.3) is 0 Å². The minimum Gasteiger partial charge on any atom is -0.363 e. The molecule has 1 aromatic heterocycles. The summed E-state index contributed by atoms with van der Waals surface area (Å²) in [5.74, 6) is 0.483. The van der Waals surface area contributed by atoms with Gasteiger partial charge in [-0.3, -0.25) is 4.79 Å². The van der Waals surface area contributed by atoms with Gasteiger partial charge in [0.05, 0.1) is 0 Å². The van der Waals surface area contributed by atoms with Crippen molar-refractivity contribution >= 4 is 5.82 Å². The van der Waals surface area contributed by atoms with Crippen molar-refractivity contribution in [2.24, 2.45) is 0 Å². The molecule has 4 heteroatoms. The summed E-state index contributed by atoms with van der Waals surface area (Å²) < 4.78 is 1.74. The lowest BCUT2D eigenvalue weighted by Gasteiger charge is -2.24. The van der Waals surface area contributed by atoms with Gasteiger partial charge in [-0.2, -0.15) is 0 Å². The van der Waals surface area contributed by atoms with Crippen molar-refractivity contribution in [2.45, 2.75) is 78.3 Å². The predicted molar refractivity (Wildman–Crippen MR) is 85.3 cm³/mol. The van der Waals surface area contributed by atoms with Gasteiger partial charge >= 0.3 is 0 Å². The average molecular weight is 279 g/mol. The Kier molecular flexibility index (Phi) is 6.24. The fraction of sp³-hybridized carbons (Fsp3) is 0.750. The van der Waals surface area contributed by atoms with Gasteiger partial charge in [0.1, 0.15) is 0 Å². The Hall–Kier alpha value is -1.32. The minimum atomic E-state index is -0.222. The number of rotatable bonds is 7. The molecule has 0 aliphatic carbocycles. The molecule has 1 aromatic rings. The maximum Gasteiger partial charge on any atom is 0.293 e. The third-order valence-corrected chi connectivity index (χ3v) is 3.45. The number of hydrogen-bond donors (Lipinski definition) is 1. The lowest BCUT2D eigenvalue weighted by Crippen LogP contribution is -2.36. The fourth-order valence-corrected chi connectivity index (χ4v) is 2.32. The zero-order valence-corrected chi connectivity index (χ0v) is 13.6. The second kappa shape index (κ2) is 7.46. The summed E-state index contributed by atoms with van der Waals surface area (Å²) in [5, 5.41) is 3.35. The highest BCUT2D eigenvalue weighted by Gasteiger charge is 2.18. The highest BCUT2D eigenvalue weighted by molar-refractivity contribution is 5.32. The molecule has 1 rings (SSSR count). The van der Waals surface area contributed by atoms with Gasteiger partial charge in [0, 0.05) is 24.0 Å². The van der Waals surface area contributed by atoms with Crippen LogP contribution in [0.4, 0.5) is 5.82 Å². The third kappa shape index (κ3) is 4.66. The fourth-order valence-electron chi connectivity index (χ4n) is 2.32. The van der Waals surface area contributed by atoms with E-state index in [1.165, 1.54) is 12.8 Å². The Bertz CT molecular complexity index is 460. The summed E-state index contributed by atoms with van der Waals surface area (Å²) in [5.41, 5.74) is -0.252. The van der Waals surface area contributed by atoms with E-state index in [2.05, 4.69) is 24.1 Å². The van der Waals surface area contributed by atoms with Crippen LogP contribution in [0, 0.1) is 0 Å². The van der Waals surface area contributed by atoms with Crippen LogP contribution in [0.5, 0.6) is 0 Å². The quantitative estimate of drug-likeness (QED) is 0.826. The monoisotopic (exact) mass is 279 g/mol. The van der Waals surface area contributed by atoms with E-state index >= 15 is 0 Å². The van der Waals surface area contributed by atoms with Crippen molar-refractivity contribution in [1.29, 1.82) is 0 Å². The van der Waals surface area contributed by atoms with E-state index in [-0.39, 0.29) is 11.1 Å². The molecule has 1 heterocycles. The molecule has 4 nitrogen and oxygen atoms in total. The molecule has 0 saturated heterocycles. The molecule has 114 valence electrons. The zero-order valence-electron chi connectivity index (χ0n) is 13.6. The molecule has 0 fully saturated rings. The molecule has 1 unspecified atom stereocenters. The lowest BCUT2D eigenvalue weighted by molar-refractivity contribution is 0.382. The summed E-state index contributed by atoms with van der Waals surface area (Å²) >= 11 is 0. The van der Waals surface area contributed by atoms with Crippen LogP contribution in [0.15, 0.2) is 17.2 Å². The van der Waals surface area contributed by atoms with E-state index in [4.69, 9.17) is 0 Å². The molecule has 1 atom stereocenters. The average Bonchev–Trinajstić information content (AvgIpc) is 2.37. The van der Waals surface area contributed by atoms with E-state index in [0.29, 0.717) is 11.9 Å². The second-order valence-corrected chi connectivity index (χ2v) is 6.39. The number of hydrogen-bond acceptors (Lipinski definition) is 3. The van der Waals surface area contributed by atoms with E-state index < -0.39 is 0 Å². The molecule has 0 radical (unpaired) electrons. The Labute approximate surface area is 122 Å². The van der Waals surface area contributed by atoms with Gasteiger partial charge in [0.25, 0.3) is 5.56 Å². The number of nitrogens with one attached hydrogen (secondary N) is 1. The van der Waals surface area contributed by atoms with Gasteiger partial charge < -0.3 is 9.88 Å². The Morgan fingerprint density at radius 3 is 2.50 bits per heavy atom. The molecule has 1 N–H and O–H groups in total. The van der Waals surface area contributed by atoms with Crippen LogP contribution < -0.4 is 10.9 Å². The van der Waals surface area contributed by atoms with Gasteiger partial charge in [0.15, 0.2) is 5.82 Å². The van der Waals surface area contributed by atoms with Gasteiger partial charge in [-0.15, -0.1) is 0 Å². The maximum absolute atomic E-state index is 12.5. The Morgan fingerprint density at radius 2 is 1.95 bits per heavy atom. The summed E-state index contributed by atoms with van der Waals surface area (Å²) in [6.45, 7) is 10.4. The van der Waals surface area contributed by atoms with Crippen LogP contribution in [-0.2, 0) is 5.54 Å². The number of aromatic nitrogens is 2. The highest BCUT2D eigenvalue weighted by atomic mass is 16.1. The standard InChI is InChI=1S/C16H29N3O/c1-6-8-10-13(9-7-2)18-14-15(20)19(12-11-17-14)16(3,4)5/h11-13H,6-10H2,1-5H3,(H,17,18). The first-order valence-corrected chi connectivity index (χ1v) is 7.74. The van der Waals surface area contributed by atoms with Crippen molar-refractivity contribution in [2.75, 3.05) is 5.32 Å². The van der Waals surface area contributed by atoms with Crippen molar-refractivity contribution in [3.8, 4) is 0 Å². The van der Waals surface area contributed by atoms with Crippen molar-refractivity contribution in [1.82, 2.24) is 9.55 Å². The minimum absolute atomic E-state index is 0.0300. The first kappa shape index (κ1) is 16.7. The third-order valence-electron chi connectivity index (χ3n) is 3.45. The van der Waals surface area contributed by atoms with Crippen molar-refractivity contribution < 1.29 is 0 Å². The molecule has 20 heavy (non-hydrogen) atoms. The number of unbranched alkanes of at least 4 members (excludes halogenated alkanes) is 1. The normalized spacial score (nSPS) is 13.2. The summed E-state index contributed by atoms with van der Waals surface area (Å²) in [6.07, 6.45) is 9.10. The first-order valence-electron chi connectivity index (χ1n) is 7.74. The first-order chi connectivity index (χ1) is 9.40. The SMILES string of the molecule is CCCCC(CCC)Nc1nccn(C(C)(C)C)c1=O. The Balaban J connectivity index is 2.93. The second-order valence-electron chi connectivity index (χ2n) is 6.39. The molecule has 0 amide bonds. The molecule has 0 saturated carbocycles. The predicted octanol–water partition coefficient (Wildman–Crippen LogP) is 3.77. The summed E-state index contributed by atoms with van der Waals surface area (Å²) in [4.78, 5) is 16.7. The van der Waals surface area contributed by atoms with Crippen LogP contribution in [-0.4, -0.2) is 15.6 Å². The molecule has 0 bridgehead atoms. The molecule has 0 aliphatic rings. The smallest absolute Gasteiger partial charge is 0.293 e. The van der Waals surface area contributed by atoms with Gasteiger partial charge in [-0.1, -0.05) is 33.1 Å². The number of nitrogens with zero attached hydrogens (tertiary/aromatic N) is 2. The van der Waals surface area contributed by atoms with E-state index in [0.717, 1.165) is 19.3 Å². The summed E-state index contributed by atoms with van der Waals surface area (Å²) in [7, 11) is 0. The van der Waals surface area contributed by atoms with Crippen LogP contribution >= 0.6 is 0 Å². The van der Waals surface area contributed by atoms with Gasteiger partial charge in [-0.05, 0) is 33.6 Å². The topological polar surface area (TPSA) is 46.9 Å². The molecular weight excluding hydrogens is 250 g/mol. The molecule has 0 aromatic carbocycles. The van der Waals surface area contributed by atoms with Crippen LogP contribution in [0.1, 0.15) is 66.7 Å². The van der Waals surface area contributed by atoms with E-state index in [1.54, 1.807) is 17.0 Å². The summed E-state index contributed by atoms with van der Waals surface area (Å²) in [6, 6.07) is 0.343. The van der Waals surface area contributed by atoms with Gasteiger partial charge in [0.2, 0.25) is 0 Å². The van der Waals surface area contributed by atoms with Crippen molar-refractivity contribution in [3.63, 3.8) is 0 Å². The Morgan fingerprint density at radius 1 is 1.25 bits per heavy atom. The maximum atomic E-state index is 12.5. The lowest BCUT2D eigenvalue weighted by atomic mass is 10.1. The largest absolute Gasteiger partial charge is 0.363 e. The van der Waals surface area contributed by atoms with Crippen LogP contribution in [0.3, 0.4) is 0 Å². The highest BCUT2D eigenvalue weighted by Crippen LogP contribution is 2.14. The molecule has 0 spiro atoms. The van der Waals surface area contributed by atoms with E-state index in [1.807, 2.05) is 20.8 Å². The zero-order chi connectivity index (χ0) is 15.2.